The van der Waals surface area contributed by atoms with E-state index < -0.39 is 54.3 Å². The number of H-pyrrole nitrogens is 1. The minimum absolute atomic E-state index is 0.0128. The number of nitrogens with one attached hydrogen (secondary N) is 2. The van der Waals surface area contributed by atoms with E-state index in [1.807, 2.05) is 55.5 Å². The van der Waals surface area contributed by atoms with E-state index in [0.29, 0.717) is 0 Å². The molecule has 5 amide bonds. The van der Waals surface area contributed by atoms with Gasteiger partial charge < -0.3 is 21.1 Å². The average Bonchev–Trinajstić information content (AvgIpc) is 3.46. The number of carboxylic acid groups (broad SMARTS) is 1. The molecule has 5 N–H and O–H groups in total. The second-order valence-corrected chi connectivity index (χ2v) is 10.5. The molecule has 3 aromatic carbocycles. The van der Waals surface area contributed by atoms with E-state index in [1.165, 1.54) is 18.2 Å². The van der Waals surface area contributed by atoms with Gasteiger partial charge >= 0.3 is 12.0 Å². The smallest absolute Gasteiger partial charge is 0.332 e. The van der Waals surface area contributed by atoms with Crippen LogP contribution in [0.15, 0.2) is 72.8 Å². The molecular weight excluding hydrogens is 538 g/mol. The monoisotopic (exact) mass is 565 g/mol. The van der Waals surface area contributed by atoms with Crippen molar-refractivity contribution in [1.29, 1.82) is 0 Å². The molecule has 0 radical (unpaired) electrons. The van der Waals surface area contributed by atoms with Crippen molar-refractivity contribution >= 4 is 46.3 Å². The molecule has 11 heteroatoms. The number of primary amides is 1. The van der Waals surface area contributed by atoms with Crippen molar-refractivity contribution < 1.29 is 29.1 Å². The fourth-order valence-corrected chi connectivity index (χ4v) is 5.89. The Labute approximate surface area is 239 Å². The van der Waals surface area contributed by atoms with Crippen LogP contribution >= 0.6 is 0 Å². The van der Waals surface area contributed by atoms with Gasteiger partial charge in [-0.15, -0.1) is 0 Å². The van der Waals surface area contributed by atoms with Gasteiger partial charge in [0.1, 0.15) is 18.1 Å². The van der Waals surface area contributed by atoms with E-state index in [2.05, 4.69) is 10.3 Å². The van der Waals surface area contributed by atoms with Crippen LogP contribution in [0.2, 0.25) is 0 Å². The van der Waals surface area contributed by atoms with E-state index >= 15 is 0 Å². The predicted octanol–water partition coefficient (Wildman–Crippen LogP) is 3.02. The van der Waals surface area contributed by atoms with Crippen molar-refractivity contribution in [1.82, 2.24) is 15.2 Å². The van der Waals surface area contributed by atoms with Gasteiger partial charge in [-0.05, 0) is 36.2 Å². The van der Waals surface area contributed by atoms with Gasteiger partial charge in [0, 0.05) is 23.0 Å². The summed E-state index contributed by atoms with van der Waals surface area (Å²) in [6.07, 6.45) is -0.346. The molecule has 0 aliphatic carbocycles. The Morgan fingerprint density at radius 3 is 2.43 bits per heavy atom. The zero-order valence-corrected chi connectivity index (χ0v) is 22.5. The van der Waals surface area contributed by atoms with E-state index in [0.717, 1.165) is 38.2 Å². The van der Waals surface area contributed by atoms with Gasteiger partial charge in [-0.3, -0.25) is 19.3 Å². The fraction of sp³-hybridized carbons (Fsp3) is 0.194. The minimum Gasteiger partial charge on any atom is -0.480 e. The first-order valence-electron chi connectivity index (χ1n) is 13.4. The molecule has 6 rings (SSSR count). The minimum atomic E-state index is -1.58. The molecule has 0 bridgehead atoms. The molecule has 212 valence electrons. The highest BCUT2D eigenvalue weighted by atomic mass is 16.4. The number of fused-ring (bicyclic) bond motifs is 4. The summed E-state index contributed by atoms with van der Waals surface area (Å²) in [4.78, 5) is 70.5. The lowest BCUT2D eigenvalue weighted by molar-refractivity contribution is -0.141. The molecule has 1 fully saturated rings. The molecule has 1 aromatic heterocycles. The van der Waals surface area contributed by atoms with Crippen LogP contribution in [0, 0.1) is 6.92 Å². The summed E-state index contributed by atoms with van der Waals surface area (Å²) in [5, 5.41) is 12.7. The number of anilines is 1. The van der Waals surface area contributed by atoms with Gasteiger partial charge in [0.15, 0.2) is 0 Å². The third-order valence-electron chi connectivity index (χ3n) is 7.84. The highest BCUT2D eigenvalue weighted by Crippen LogP contribution is 2.45. The van der Waals surface area contributed by atoms with Crippen LogP contribution in [0.4, 0.5) is 10.5 Å². The SMILES string of the molecule is Cc1ccc([C@H]2c3[nH]c4ccccc4c3C[C@H]3C(=O)N(c4ccccc4C(=O)N[C@@H](CC(N)=O)C(=O)O)C(=O)N23)cc1. The van der Waals surface area contributed by atoms with Crippen LogP contribution in [-0.2, 0) is 20.8 Å². The Morgan fingerprint density at radius 2 is 1.71 bits per heavy atom. The van der Waals surface area contributed by atoms with Crippen molar-refractivity contribution in [3.05, 3.63) is 101 Å². The van der Waals surface area contributed by atoms with Gasteiger partial charge in [-0.25, -0.2) is 14.5 Å². The van der Waals surface area contributed by atoms with Crippen LogP contribution in [0.5, 0.6) is 0 Å². The number of aryl methyl sites for hydroxylation is 1. The number of hydrogen-bond donors (Lipinski definition) is 4. The van der Waals surface area contributed by atoms with Crippen LogP contribution in [0.1, 0.15) is 45.2 Å². The summed E-state index contributed by atoms with van der Waals surface area (Å²) < 4.78 is 0. The Bertz CT molecular complexity index is 1780. The molecule has 3 atom stereocenters. The Morgan fingerprint density at radius 1 is 1.02 bits per heavy atom. The number of aromatic nitrogens is 1. The fourth-order valence-electron chi connectivity index (χ4n) is 5.89. The number of benzene rings is 3. The maximum Gasteiger partial charge on any atom is 0.332 e. The molecule has 1 saturated heterocycles. The Balaban J connectivity index is 1.42. The van der Waals surface area contributed by atoms with E-state index in [9.17, 15) is 29.1 Å². The third-order valence-corrected chi connectivity index (χ3v) is 7.84. The molecule has 3 heterocycles. The number of aromatic amines is 1. The van der Waals surface area contributed by atoms with Crippen molar-refractivity contribution in [2.75, 3.05) is 4.90 Å². The maximum absolute atomic E-state index is 14.2. The highest BCUT2D eigenvalue weighted by Gasteiger charge is 2.53. The van der Waals surface area contributed by atoms with Crippen molar-refractivity contribution in [3.63, 3.8) is 0 Å². The topological polar surface area (TPSA) is 166 Å². The summed E-state index contributed by atoms with van der Waals surface area (Å²) >= 11 is 0. The number of para-hydroxylation sites is 2. The van der Waals surface area contributed by atoms with Gasteiger partial charge in [-0.2, -0.15) is 0 Å². The molecule has 4 aromatic rings. The standard InChI is InChI=1S/C31H27N5O6/c1-16-10-12-17(13-11-16)27-26-20(18-6-2-4-8-21(18)33-26)14-24-29(39)36(31(42)35(24)27)23-9-5-3-7-19(23)28(38)34-22(30(40)41)15-25(32)37/h2-13,22,24,27,33H,14-15H2,1H3,(H2,32,37)(H,34,38)(H,40,41)/t22-,24-,27-/m0/s1. The van der Waals surface area contributed by atoms with Crippen LogP contribution in [0.25, 0.3) is 10.9 Å². The van der Waals surface area contributed by atoms with Gasteiger partial charge in [0.25, 0.3) is 11.8 Å². The van der Waals surface area contributed by atoms with E-state index in [-0.39, 0.29) is 17.7 Å². The molecule has 0 spiro atoms. The number of imide groups is 1. The largest absolute Gasteiger partial charge is 0.480 e. The molecule has 0 unspecified atom stereocenters. The number of nitrogens with zero attached hydrogens (tertiary/aromatic N) is 2. The average molecular weight is 566 g/mol. The van der Waals surface area contributed by atoms with Crippen LogP contribution in [0.3, 0.4) is 0 Å². The van der Waals surface area contributed by atoms with Crippen LogP contribution < -0.4 is 16.0 Å². The second kappa shape index (κ2) is 10.2. The molecule has 42 heavy (non-hydrogen) atoms. The summed E-state index contributed by atoms with van der Waals surface area (Å²) in [5.74, 6) is -3.72. The molecule has 0 saturated carbocycles. The number of amides is 5. The number of nitrogens with two attached hydrogens (primary N) is 1. The van der Waals surface area contributed by atoms with Gasteiger partial charge in [0.2, 0.25) is 5.91 Å². The van der Waals surface area contributed by atoms with Gasteiger partial charge in [0.05, 0.1) is 17.7 Å². The normalized spacial score (nSPS) is 18.5. The first kappa shape index (κ1) is 26.8. The number of rotatable bonds is 7. The van der Waals surface area contributed by atoms with Crippen molar-refractivity contribution in [2.45, 2.75) is 37.9 Å². The lowest BCUT2D eigenvalue weighted by atomic mass is 9.88. The number of hydrogen-bond acceptors (Lipinski definition) is 5. The van der Waals surface area contributed by atoms with Crippen molar-refractivity contribution in [2.24, 2.45) is 5.73 Å². The van der Waals surface area contributed by atoms with Crippen LogP contribution in [-0.4, -0.2) is 56.8 Å². The summed E-state index contributed by atoms with van der Waals surface area (Å²) in [5.41, 5.74) is 9.61. The lowest BCUT2D eigenvalue weighted by Gasteiger charge is -2.36. The molecular formula is C31H27N5O6. The maximum atomic E-state index is 14.2. The lowest BCUT2D eigenvalue weighted by Crippen LogP contribution is -2.44. The molecule has 2 aliphatic heterocycles. The summed E-state index contributed by atoms with van der Waals surface area (Å²) in [6, 6.07) is 17.9. The Hall–Kier alpha value is -5.45. The zero-order chi connectivity index (χ0) is 29.7. The van der Waals surface area contributed by atoms with Crippen molar-refractivity contribution in [3.8, 4) is 0 Å². The number of aliphatic carboxylic acids is 1. The third kappa shape index (κ3) is 4.35. The number of carbonyl (C=O) groups excluding carboxylic acids is 4. The molecule has 2 aliphatic rings. The zero-order valence-electron chi connectivity index (χ0n) is 22.5. The predicted molar refractivity (Wildman–Crippen MR) is 153 cm³/mol. The first-order chi connectivity index (χ1) is 20.2. The Kier molecular flexibility index (Phi) is 6.49. The highest BCUT2D eigenvalue weighted by molar-refractivity contribution is 6.24. The molecule has 11 nitrogen and oxygen atoms in total. The first-order valence-corrected chi connectivity index (χ1v) is 13.4. The number of carbonyl (C=O) groups is 5. The second-order valence-electron chi connectivity index (χ2n) is 10.5. The number of urea groups is 1. The summed E-state index contributed by atoms with van der Waals surface area (Å²) in [7, 11) is 0. The van der Waals surface area contributed by atoms with E-state index in [1.54, 1.807) is 11.0 Å². The van der Waals surface area contributed by atoms with E-state index in [4.69, 9.17) is 5.73 Å². The number of carboxylic acids is 1. The summed E-state index contributed by atoms with van der Waals surface area (Å²) in [6.45, 7) is 1.97. The van der Waals surface area contributed by atoms with Gasteiger partial charge in [-0.1, -0.05) is 60.2 Å². The quantitative estimate of drug-likeness (QED) is 0.252.